The molecule has 0 radical (unpaired) electrons. The highest BCUT2D eigenvalue weighted by Crippen LogP contribution is 2.33. The van der Waals surface area contributed by atoms with Crippen molar-refractivity contribution in [2.75, 3.05) is 25.5 Å². The zero-order valence-electron chi connectivity index (χ0n) is 15.9. The quantitative estimate of drug-likeness (QED) is 0.692. The molecule has 7 nitrogen and oxygen atoms in total. The van der Waals surface area contributed by atoms with Crippen molar-refractivity contribution in [3.8, 4) is 17.0 Å². The van der Waals surface area contributed by atoms with Gasteiger partial charge < -0.3 is 10.1 Å². The number of rotatable bonds is 5. The number of carbonyl (C=O) groups is 1. The van der Waals surface area contributed by atoms with E-state index in [1.165, 1.54) is 11.3 Å². The Morgan fingerprint density at radius 2 is 2.04 bits per heavy atom. The second-order valence-electron chi connectivity index (χ2n) is 6.84. The van der Waals surface area contributed by atoms with E-state index in [1.54, 1.807) is 18.0 Å². The average Bonchev–Trinajstić information content (AvgIpc) is 3.39. The minimum absolute atomic E-state index is 0.0623. The third-order valence-corrected chi connectivity index (χ3v) is 6.06. The Morgan fingerprint density at radius 1 is 1.29 bits per heavy atom. The Labute approximate surface area is 167 Å². The predicted molar refractivity (Wildman–Crippen MR) is 110 cm³/mol. The molecule has 4 rings (SSSR count). The van der Waals surface area contributed by atoms with E-state index in [2.05, 4.69) is 20.7 Å². The van der Waals surface area contributed by atoms with Crippen molar-refractivity contribution in [1.82, 2.24) is 20.1 Å². The molecular weight excluding hydrogens is 374 g/mol. The Bertz CT molecular complexity index is 944. The molecule has 1 saturated heterocycles. The summed E-state index contributed by atoms with van der Waals surface area (Å²) in [5.74, 6) is 0.741. The summed E-state index contributed by atoms with van der Waals surface area (Å²) < 4.78 is 7.00. The Hall–Kier alpha value is -2.71. The van der Waals surface area contributed by atoms with Gasteiger partial charge in [-0.15, -0.1) is 11.3 Å². The van der Waals surface area contributed by atoms with Gasteiger partial charge in [0.25, 0.3) is 5.91 Å². The molecule has 0 unspecified atom stereocenters. The van der Waals surface area contributed by atoms with Crippen LogP contribution in [0.1, 0.15) is 17.7 Å². The fraction of sp³-hybridized carbons (Fsp3) is 0.350. The zero-order chi connectivity index (χ0) is 19.6. The molecule has 146 valence electrons. The van der Waals surface area contributed by atoms with Crippen LogP contribution in [0.25, 0.3) is 11.3 Å². The molecule has 0 bridgehead atoms. The Morgan fingerprint density at radius 3 is 2.68 bits per heavy atom. The lowest BCUT2D eigenvalue weighted by Crippen LogP contribution is -2.52. The molecule has 3 heterocycles. The lowest BCUT2D eigenvalue weighted by atomic mass is 9.87. The van der Waals surface area contributed by atoms with E-state index < -0.39 is 5.54 Å². The summed E-state index contributed by atoms with van der Waals surface area (Å²) in [5, 5.41) is 11.3. The number of aryl methyl sites for hydroxylation is 1. The second kappa shape index (κ2) is 7.73. The highest BCUT2D eigenvalue weighted by Gasteiger charge is 2.42. The number of nitrogens with zero attached hydrogens (tertiary/aromatic N) is 3. The van der Waals surface area contributed by atoms with Crippen molar-refractivity contribution in [3.63, 3.8) is 0 Å². The molecular formula is C20H23N5O2S. The number of benzene rings is 1. The number of nitrogens with one attached hydrogen (secondary N) is 2. The number of piperidine rings is 1. The van der Waals surface area contributed by atoms with Crippen LogP contribution in [0.15, 0.2) is 42.7 Å². The summed E-state index contributed by atoms with van der Waals surface area (Å²) in [5.41, 5.74) is 1.19. The molecule has 1 aliphatic heterocycles. The van der Waals surface area contributed by atoms with E-state index in [4.69, 9.17) is 4.74 Å². The van der Waals surface area contributed by atoms with Crippen molar-refractivity contribution >= 4 is 22.4 Å². The monoisotopic (exact) mass is 397 g/mol. The average molecular weight is 398 g/mol. The van der Waals surface area contributed by atoms with Crippen LogP contribution >= 0.6 is 11.3 Å². The lowest BCUT2D eigenvalue weighted by molar-refractivity contribution is -0.126. The minimum Gasteiger partial charge on any atom is -0.497 e. The Balaban J connectivity index is 1.59. The van der Waals surface area contributed by atoms with E-state index in [-0.39, 0.29) is 5.91 Å². The van der Waals surface area contributed by atoms with Gasteiger partial charge in [-0.05, 0) is 63.2 Å². The van der Waals surface area contributed by atoms with Crippen molar-refractivity contribution in [1.29, 1.82) is 0 Å². The van der Waals surface area contributed by atoms with E-state index >= 15 is 0 Å². The van der Waals surface area contributed by atoms with E-state index in [0.29, 0.717) is 18.0 Å². The highest BCUT2D eigenvalue weighted by atomic mass is 32.1. The SMILES string of the molecule is COc1ccc(-c2nc(NC(=O)C3(n4cccn4)CCNCC3)sc2C)cc1. The van der Waals surface area contributed by atoms with E-state index in [0.717, 1.165) is 35.0 Å². The molecule has 1 amide bonds. The van der Waals surface area contributed by atoms with Gasteiger partial charge in [-0.3, -0.25) is 14.8 Å². The van der Waals surface area contributed by atoms with Crippen molar-refractivity contribution in [3.05, 3.63) is 47.6 Å². The molecule has 0 aliphatic carbocycles. The topological polar surface area (TPSA) is 81.1 Å². The smallest absolute Gasteiger partial charge is 0.254 e. The van der Waals surface area contributed by atoms with Gasteiger partial charge in [-0.25, -0.2) is 4.98 Å². The van der Waals surface area contributed by atoms with Crippen LogP contribution in [0, 0.1) is 6.92 Å². The number of methoxy groups -OCH3 is 1. The summed E-state index contributed by atoms with van der Waals surface area (Å²) in [6.45, 7) is 3.57. The number of hydrogen-bond acceptors (Lipinski definition) is 6. The Kier molecular flexibility index (Phi) is 5.15. The van der Waals surface area contributed by atoms with Crippen LogP contribution in [0.2, 0.25) is 0 Å². The summed E-state index contributed by atoms with van der Waals surface area (Å²) in [4.78, 5) is 19.0. The van der Waals surface area contributed by atoms with Gasteiger partial charge in [-0.1, -0.05) is 0 Å². The number of amides is 1. The van der Waals surface area contributed by atoms with Crippen molar-refractivity contribution in [2.45, 2.75) is 25.3 Å². The van der Waals surface area contributed by atoms with Crippen LogP contribution in [0.3, 0.4) is 0 Å². The fourth-order valence-electron chi connectivity index (χ4n) is 3.60. The zero-order valence-corrected chi connectivity index (χ0v) is 16.8. The third kappa shape index (κ3) is 3.41. The van der Waals surface area contributed by atoms with Crippen molar-refractivity contribution in [2.24, 2.45) is 0 Å². The number of thiazole rings is 1. The van der Waals surface area contributed by atoms with Gasteiger partial charge in [0, 0.05) is 22.8 Å². The summed E-state index contributed by atoms with van der Waals surface area (Å²) in [7, 11) is 1.65. The molecule has 8 heteroatoms. The van der Waals surface area contributed by atoms with E-state index in [1.807, 2.05) is 43.5 Å². The number of anilines is 1. The van der Waals surface area contributed by atoms with Crippen LogP contribution in [-0.4, -0.2) is 40.9 Å². The van der Waals surface area contributed by atoms with Crippen LogP contribution < -0.4 is 15.4 Å². The van der Waals surface area contributed by atoms with Gasteiger partial charge in [0.05, 0.1) is 12.8 Å². The molecule has 0 spiro atoms. The highest BCUT2D eigenvalue weighted by molar-refractivity contribution is 7.16. The van der Waals surface area contributed by atoms with Crippen LogP contribution in [0.4, 0.5) is 5.13 Å². The van der Waals surface area contributed by atoms with Crippen molar-refractivity contribution < 1.29 is 9.53 Å². The minimum atomic E-state index is -0.686. The maximum Gasteiger partial charge on any atom is 0.254 e. The first-order chi connectivity index (χ1) is 13.6. The maximum atomic E-state index is 13.3. The van der Waals surface area contributed by atoms with Gasteiger partial charge in [-0.2, -0.15) is 5.10 Å². The number of carbonyl (C=O) groups excluding carboxylic acids is 1. The molecule has 1 aliphatic rings. The molecule has 3 aromatic rings. The van der Waals surface area contributed by atoms with Crippen LogP contribution in [-0.2, 0) is 10.3 Å². The third-order valence-electron chi connectivity index (χ3n) is 5.18. The molecule has 28 heavy (non-hydrogen) atoms. The van der Waals surface area contributed by atoms with Crippen LogP contribution in [0.5, 0.6) is 5.75 Å². The standard InChI is InChI=1S/C20H23N5O2S/c1-14-17(15-4-6-16(27-2)7-5-15)23-19(28-14)24-18(26)20(8-11-21-12-9-20)25-13-3-10-22-25/h3-7,10,13,21H,8-9,11-12H2,1-2H3,(H,23,24,26). The first-order valence-corrected chi connectivity index (χ1v) is 10.1. The molecule has 2 N–H and O–H groups in total. The number of ether oxygens (including phenoxy) is 1. The fourth-order valence-corrected chi connectivity index (χ4v) is 4.43. The first-order valence-electron chi connectivity index (χ1n) is 9.26. The molecule has 1 fully saturated rings. The molecule has 0 saturated carbocycles. The summed E-state index contributed by atoms with van der Waals surface area (Å²) in [6.07, 6.45) is 4.96. The van der Waals surface area contributed by atoms with Gasteiger partial charge in [0.2, 0.25) is 0 Å². The van der Waals surface area contributed by atoms with Gasteiger partial charge in [0.1, 0.15) is 11.3 Å². The van der Waals surface area contributed by atoms with E-state index in [9.17, 15) is 4.79 Å². The first kappa shape index (κ1) is 18.6. The largest absolute Gasteiger partial charge is 0.497 e. The summed E-state index contributed by atoms with van der Waals surface area (Å²) >= 11 is 1.49. The predicted octanol–water partition coefficient (Wildman–Crippen LogP) is 3.04. The molecule has 1 aromatic carbocycles. The number of aromatic nitrogens is 3. The maximum absolute atomic E-state index is 13.3. The normalized spacial score (nSPS) is 15.9. The second-order valence-corrected chi connectivity index (χ2v) is 8.04. The lowest BCUT2D eigenvalue weighted by Gasteiger charge is -2.36. The van der Waals surface area contributed by atoms with Gasteiger partial charge >= 0.3 is 0 Å². The van der Waals surface area contributed by atoms with Gasteiger partial charge in [0.15, 0.2) is 5.13 Å². The summed E-state index contributed by atoms with van der Waals surface area (Å²) in [6, 6.07) is 9.63. The number of hydrogen-bond donors (Lipinski definition) is 2. The molecule has 0 atom stereocenters. The molecule has 2 aromatic heterocycles.